The molecule has 3 aliphatic carbocycles. The number of benzene rings is 1. The summed E-state index contributed by atoms with van der Waals surface area (Å²) < 4.78 is 2.36. The number of imidazole rings is 1. The average Bonchev–Trinajstić information content (AvgIpc) is 3.25. The van der Waals surface area contributed by atoms with Gasteiger partial charge in [0.15, 0.2) is 4.96 Å². The molecule has 3 saturated carbocycles. The maximum Gasteiger partial charge on any atom is 0.194 e. The fourth-order valence-corrected chi connectivity index (χ4v) is 7.32. The number of rotatable bonds is 2. The van der Waals surface area contributed by atoms with Gasteiger partial charge in [-0.05, 0) is 55.9 Å². The molecule has 3 fully saturated rings. The van der Waals surface area contributed by atoms with Gasteiger partial charge in [-0.2, -0.15) is 0 Å². The first-order valence-corrected chi connectivity index (χ1v) is 11.1. The molecule has 2 nitrogen and oxygen atoms in total. The molecule has 2 aromatic heterocycles. The first-order valence-electron chi connectivity index (χ1n) is 10.2. The standard InChI is InChI=1S/C23H26N2S/c1-15-5-7-17(8-6-15)20-14-26-22-24-21(13-25(20)22)23-10-16-3-2-4-18(11-23)19(9-16)12-23/h5-8,13-14,16,18-19H,2-4,9-12H2,1H3. The Labute approximate surface area is 159 Å². The van der Waals surface area contributed by atoms with E-state index in [0.717, 1.165) is 17.8 Å². The quantitative estimate of drug-likeness (QED) is 0.528. The summed E-state index contributed by atoms with van der Waals surface area (Å²) in [5.41, 5.74) is 5.70. The third-order valence-electron chi connectivity index (χ3n) is 7.58. The zero-order chi connectivity index (χ0) is 17.3. The Hall–Kier alpha value is -1.61. The van der Waals surface area contributed by atoms with Crippen LogP contribution < -0.4 is 0 Å². The minimum atomic E-state index is 0.384. The molecule has 3 bridgehead atoms. The molecular formula is C23H26N2S. The molecule has 3 heteroatoms. The predicted octanol–water partition coefficient (Wildman–Crippen LogP) is 6.23. The molecule has 0 radical (unpaired) electrons. The maximum atomic E-state index is 5.18. The highest BCUT2D eigenvalue weighted by Crippen LogP contribution is 2.60. The van der Waals surface area contributed by atoms with E-state index in [1.807, 2.05) is 0 Å². The Morgan fingerprint density at radius 3 is 2.81 bits per heavy atom. The van der Waals surface area contributed by atoms with Gasteiger partial charge in [-0.3, -0.25) is 4.40 Å². The number of thiazole rings is 1. The maximum absolute atomic E-state index is 5.18. The van der Waals surface area contributed by atoms with Crippen LogP contribution in [0.5, 0.6) is 0 Å². The highest BCUT2D eigenvalue weighted by molar-refractivity contribution is 7.15. The van der Waals surface area contributed by atoms with Crippen molar-refractivity contribution >= 4 is 16.3 Å². The van der Waals surface area contributed by atoms with Gasteiger partial charge in [-0.25, -0.2) is 4.98 Å². The summed E-state index contributed by atoms with van der Waals surface area (Å²) in [5.74, 6) is 2.91. The molecule has 3 aromatic rings. The summed E-state index contributed by atoms with van der Waals surface area (Å²) in [4.78, 5) is 6.35. The van der Waals surface area contributed by atoms with Crippen LogP contribution in [0.25, 0.3) is 16.2 Å². The van der Waals surface area contributed by atoms with Gasteiger partial charge in [0.25, 0.3) is 0 Å². The van der Waals surface area contributed by atoms with E-state index in [1.165, 1.54) is 72.4 Å². The van der Waals surface area contributed by atoms with E-state index in [4.69, 9.17) is 4.98 Å². The van der Waals surface area contributed by atoms with Gasteiger partial charge in [-0.1, -0.05) is 49.1 Å². The van der Waals surface area contributed by atoms with E-state index in [0.29, 0.717) is 5.41 Å². The molecule has 1 aromatic carbocycles. The van der Waals surface area contributed by atoms with Gasteiger partial charge in [-0.15, -0.1) is 11.3 Å². The first-order chi connectivity index (χ1) is 12.7. The minimum Gasteiger partial charge on any atom is -0.290 e. The third-order valence-corrected chi connectivity index (χ3v) is 8.41. The monoisotopic (exact) mass is 362 g/mol. The normalized spacial score (nSPS) is 33.0. The van der Waals surface area contributed by atoms with Crippen molar-refractivity contribution < 1.29 is 0 Å². The van der Waals surface area contributed by atoms with E-state index in [9.17, 15) is 0 Å². The number of aromatic nitrogens is 2. The van der Waals surface area contributed by atoms with Gasteiger partial charge >= 0.3 is 0 Å². The first kappa shape index (κ1) is 15.4. The smallest absolute Gasteiger partial charge is 0.194 e. The van der Waals surface area contributed by atoms with Crippen LogP contribution in [0.1, 0.15) is 56.2 Å². The fraction of sp³-hybridized carbons (Fsp3) is 0.522. The van der Waals surface area contributed by atoms with Gasteiger partial charge in [0.2, 0.25) is 0 Å². The van der Waals surface area contributed by atoms with Gasteiger partial charge in [0.1, 0.15) is 0 Å². The lowest BCUT2D eigenvalue weighted by Gasteiger charge is -2.36. The number of hydrogen-bond acceptors (Lipinski definition) is 2. The zero-order valence-corrected chi connectivity index (χ0v) is 16.3. The van der Waals surface area contributed by atoms with Crippen LogP contribution in [-0.4, -0.2) is 9.38 Å². The van der Waals surface area contributed by atoms with Crippen LogP contribution in [0.4, 0.5) is 0 Å². The number of nitrogens with zero attached hydrogens (tertiary/aromatic N) is 2. The third kappa shape index (κ3) is 2.19. The van der Waals surface area contributed by atoms with Crippen molar-refractivity contribution in [3.8, 4) is 11.3 Å². The van der Waals surface area contributed by atoms with E-state index < -0.39 is 0 Å². The molecule has 134 valence electrons. The SMILES string of the molecule is Cc1ccc(-c2csc3nc(C45CC6CCCC(C4)C(C6)C5)cn23)cc1. The minimum absolute atomic E-state index is 0.384. The second-order valence-electron chi connectivity index (χ2n) is 9.21. The lowest BCUT2D eigenvalue weighted by atomic mass is 9.68. The lowest BCUT2D eigenvalue weighted by Crippen LogP contribution is -2.31. The topological polar surface area (TPSA) is 17.3 Å². The number of aryl methyl sites for hydroxylation is 1. The van der Waals surface area contributed by atoms with Crippen molar-refractivity contribution in [1.82, 2.24) is 9.38 Å². The molecule has 26 heavy (non-hydrogen) atoms. The summed E-state index contributed by atoms with van der Waals surface area (Å²) in [6, 6.07) is 8.90. The average molecular weight is 363 g/mol. The van der Waals surface area contributed by atoms with Gasteiger partial charge in [0, 0.05) is 17.0 Å². The molecule has 3 aliphatic rings. The Balaban J connectivity index is 1.43. The van der Waals surface area contributed by atoms with Crippen LogP contribution in [0.3, 0.4) is 0 Å². The van der Waals surface area contributed by atoms with Crippen LogP contribution >= 0.6 is 11.3 Å². The molecule has 4 unspecified atom stereocenters. The molecule has 0 aliphatic heterocycles. The Morgan fingerprint density at radius 1 is 1.08 bits per heavy atom. The Morgan fingerprint density at radius 2 is 1.92 bits per heavy atom. The van der Waals surface area contributed by atoms with Crippen LogP contribution in [-0.2, 0) is 5.41 Å². The van der Waals surface area contributed by atoms with Crippen LogP contribution in [0.2, 0.25) is 0 Å². The van der Waals surface area contributed by atoms with Crippen molar-refractivity contribution in [2.24, 2.45) is 17.8 Å². The summed E-state index contributed by atoms with van der Waals surface area (Å²) in [6.07, 6.45) is 12.5. The summed E-state index contributed by atoms with van der Waals surface area (Å²) >= 11 is 1.79. The van der Waals surface area contributed by atoms with Crippen LogP contribution in [0, 0.1) is 24.7 Å². The fourth-order valence-electron chi connectivity index (χ4n) is 6.44. The summed E-state index contributed by atoms with van der Waals surface area (Å²) in [6.45, 7) is 2.15. The predicted molar refractivity (Wildman–Crippen MR) is 108 cm³/mol. The lowest BCUT2D eigenvalue weighted by molar-refractivity contribution is 0.215. The van der Waals surface area contributed by atoms with Crippen molar-refractivity contribution in [2.45, 2.75) is 57.3 Å². The molecule has 4 atom stereocenters. The van der Waals surface area contributed by atoms with Gasteiger partial charge in [0.05, 0.1) is 11.4 Å². The van der Waals surface area contributed by atoms with Crippen molar-refractivity contribution in [2.75, 3.05) is 0 Å². The van der Waals surface area contributed by atoms with Gasteiger partial charge < -0.3 is 0 Å². The Kier molecular flexibility index (Phi) is 3.24. The largest absolute Gasteiger partial charge is 0.290 e. The van der Waals surface area contributed by atoms with Crippen molar-refractivity contribution in [3.63, 3.8) is 0 Å². The molecule has 0 spiro atoms. The van der Waals surface area contributed by atoms with E-state index >= 15 is 0 Å². The highest BCUT2D eigenvalue weighted by Gasteiger charge is 2.53. The zero-order valence-electron chi connectivity index (χ0n) is 15.4. The van der Waals surface area contributed by atoms with E-state index in [1.54, 1.807) is 11.3 Å². The number of fused-ring (bicyclic) bond motifs is 3. The van der Waals surface area contributed by atoms with E-state index in [2.05, 4.69) is 47.2 Å². The molecular weight excluding hydrogens is 336 g/mol. The molecule has 6 rings (SSSR count). The molecule has 0 saturated heterocycles. The second kappa shape index (κ2) is 5.45. The molecule has 0 amide bonds. The molecule has 0 N–H and O–H groups in total. The van der Waals surface area contributed by atoms with Crippen molar-refractivity contribution in [1.29, 1.82) is 0 Å². The summed E-state index contributed by atoms with van der Waals surface area (Å²) in [7, 11) is 0. The number of hydrogen-bond donors (Lipinski definition) is 0. The highest BCUT2D eigenvalue weighted by atomic mass is 32.1. The second-order valence-corrected chi connectivity index (χ2v) is 10.0. The molecule has 2 heterocycles. The van der Waals surface area contributed by atoms with Crippen LogP contribution in [0.15, 0.2) is 35.8 Å². The Bertz CT molecular complexity index is 962. The van der Waals surface area contributed by atoms with E-state index in [-0.39, 0.29) is 0 Å². The summed E-state index contributed by atoms with van der Waals surface area (Å²) in [5, 5.41) is 2.27. The van der Waals surface area contributed by atoms with Crippen molar-refractivity contribution in [3.05, 3.63) is 47.1 Å².